The van der Waals surface area contributed by atoms with E-state index in [2.05, 4.69) is 33.0 Å². The summed E-state index contributed by atoms with van der Waals surface area (Å²) in [4.78, 5) is 12.1. The molecule has 0 aliphatic heterocycles. The average Bonchev–Trinajstić information content (AvgIpc) is 2.39. The molecule has 0 saturated heterocycles. The Balaban J connectivity index is 2.48. The van der Waals surface area contributed by atoms with Crippen LogP contribution in [-0.4, -0.2) is 11.9 Å². The second kappa shape index (κ2) is 7.98. The first kappa shape index (κ1) is 15.7. The molecule has 1 N–H and O–H groups in total. The Kier molecular flexibility index (Phi) is 6.61. The minimum Gasteiger partial charge on any atom is -0.350 e. The molecule has 0 bridgehead atoms. The first-order valence-corrected chi connectivity index (χ1v) is 7.45. The maximum atomic E-state index is 12.1. The van der Waals surface area contributed by atoms with Gasteiger partial charge in [-0.25, -0.2) is 0 Å². The highest BCUT2D eigenvalue weighted by molar-refractivity contribution is 5.94. The molecule has 1 aromatic rings. The zero-order valence-corrected chi connectivity index (χ0v) is 12.7. The third-order valence-corrected chi connectivity index (χ3v) is 3.46. The van der Waals surface area contributed by atoms with Gasteiger partial charge < -0.3 is 5.32 Å². The van der Waals surface area contributed by atoms with Gasteiger partial charge in [-0.1, -0.05) is 52.2 Å². The zero-order chi connectivity index (χ0) is 14.3. The van der Waals surface area contributed by atoms with Gasteiger partial charge in [-0.3, -0.25) is 4.79 Å². The third-order valence-electron chi connectivity index (χ3n) is 3.46. The molecule has 0 aliphatic carbocycles. The molecule has 0 aromatic heterocycles. The predicted molar refractivity (Wildman–Crippen MR) is 81.6 cm³/mol. The second-order valence-electron chi connectivity index (χ2n) is 5.65. The predicted octanol–water partition coefficient (Wildman–Crippen LogP) is 4.51. The Morgan fingerprint density at radius 3 is 2.26 bits per heavy atom. The quantitative estimate of drug-likeness (QED) is 0.719. The summed E-state index contributed by atoms with van der Waals surface area (Å²) >= 11 is 0. The molecule has 1 atom stereocenters. The van der Waals surface area contributed by atoms with Crippen molar-refractivity contribution in [2.24, 2.45) is 0 Å². The van der Waals surface area contributed by atoms with Gasteiger partial charge in [-0.05, 0) is 37.0 Å². The van der Waals surface area contributed by atoms with E-state index in [4.69, 9.17) is 0 Å². The smallest absolute Gasteiger partial charge is 0.251 e. The van der Waals surface area contributed by atoms with Crippen LogP contribution < -0.4 is 5.32 Å². The third kappa shape index (κ3) is 5.46. The van der Waals surface area contributed by atoms with Crippen LogP contribution in [0.5, 0.6) is 0 Å². The number of benzene rings is 1. The van der Waals surface area contributed by atoms with E-state index < -0.39 is 0 Å². The number of carbonyl (C=O) groups is 1. The van der Waals surface area contributed by atoms with Crippen LogP contribution in [0.15, 0.2) is 24.3 Å². The van der Waals surface area contributed by atoms with Crippen molar-refractivity contribution in [3.05, 3.63) is 35.4 Å². The number of hydrogen-bond acceptors (Lipinski definition) is 1. The van der Waals surface area contributed by atoms with Gasteiger partial charge in [0, 0.05) is 11.6 Å². The highest BCUT2D eigenvalue weighted by Crippen LogP contribution is 2.14. The van der Waals surface area contributed by atoms with Crippen molar-refractivity contribution in [3.8, 4) is 0 Å². The van der Waals surface area contributed by atoms with E-state index in [1.807, 2.05) is 24.3 Å². The van der Waals surface area contributed by atoms with Crippen molar-refractivity contribution < 1.29 is 4.79 Å². The highest BCUT2D eigenvalue weighted by atomic mass is 16.1. The summed E-state index contributed by atoms with van der Waals surface area (Å²) in [5, 5.41) is 3.06. The summed E-state index contributed by atoms with van der Waals surface area (Å²) in [5.41, 5.74) is 2.03. The molecular formula is C17H27NO. The van der Waals surface area contributed by atoms with Gasteiger partial charge in [0.25, 0.3) is 5.91 Å². The monoisotopic (exact) mass is 261 g/mol. The molecular weight excluding hydrogens is 234 g/mol. The van der Waals surface area contributed by atoms with Crippen LogP contribution in [-0.2, 0) is 0 Å². The molecule has 1 unspecified atom stereocenters. The Hall–Kier alpha value is -1.31. The van der Waals surface area contributed by atoms with Crippen LogP contribution in [0.2, 0.25) is 0 Å². The minimum absolute atomic E-state index is 0.0410. The molecule has 2 heteroatoms. The number of unbranched alkanes of at least 4 members (excludes halogenated alkanes) is 2. The topological polar surface area (TPSA) is 29.1 Å². The van der Waals surface area contributed by atoms with Crippen molar-refractivity contribution in [3.63, 3.8) is 0 Å². The summed E-state index contributed by atoms with van der Waals surface area (Å²) in [5.74, 6) is 0.546. The van der Waals surface area contributed by atoms with Crippen molar-refractivity contribution in [1.29, 1.82) is 0 Å². The average molecular weight is 261 g/mol. The van der Waals surface area contributed by atoms with E-state index in [1.165, 1.54) is 24.8 Å². The van der Waals surface area contributed by atoms with Gasteiger partial charge in [0.05, 0.1) is 0 Å². The van der Waals surface area contributed by atoms with E-state index in [0.29, 0.717) is 5.92 Å². The maximum Gasteiger partial charge on any atom is 0.251 e. The van der Waals surface area contributed by atoms with Crippen LogP contribution in [0.3, 0.4) is 0 Å². The zero-order valence-electron chi connectivity index (χ0n) is 12.7. The molecule has 0 saturated carbocycles. The Bertz CT molecular complexity index is 381. The Labute approximate surface area is 117 Å². The summed E-state index contributed by atoms with van der Waals surface area (Å²) in [6.07, 6.45) is 4.70. The molecule has 0 radical (unpaired) electrons. The number of nitrogens with one attached hydrogen (secondary N) is 1. The normalized spacial score (nSPS) is 12.5. The maximum absolute atomic E-state index is 12.1. The number of carbonyl (C=O) groups excluding carboxylic acids is 1. The molecule has 1 rings (SSSR count). The fraction of sp³-hybridized carbons (Fsp3) is 0.588. The SMILES string of the molecule is CCCCCC(C)NC(=O)c1ccc(C(C)C)cc1. The largest absolute Gasteiger partial charge is 0.350 e. The number of rotatable bonds is 7. The van der Waals surface area contributed by atoms with Crippen LogP contribution >= 0.6 is 0 Å². The van der Waals surface area contributed by atoms with E-state index >= 15 is 0 Å². The van der Waals surface area contributed by atoms with Crippen LogP contribution in [0.4, 0.5) is 0 Å². The molecule has 2 nitrogen and oxygen atoms in total. The standard InChI is InChI=1S/C17H27NO/c1-5-6-7-8-14(4)18-17(19)16-11-9-15(10-12-16)13(2)3/h9-14H,5-8H2,1-4H3,(H,18,19). The summed E-state index contributed by atoms with van der Waals surface area (Å²) in [6, 6.07) is 8.18. The first-order chi connectivity index (χ1) is 9.04. The van der Waals surface area contributed by atoms with Crippen molar-refractivity contribution >= 4 is 5.91 Å². The van der Waals surface area contributed by atoms with Crippen molar-refractivity contribution in [1.82, 2.24) is 5.32 Å². The second-order valence-corrected chi connectivity index (χ2v) is 5.65. The Morgan fingerprint density at radius 2 is 1.74 bits per heavy atom. The number of amides is 1. The summed E-state index contributed by atoms with van der Waals surface area (Å²) in [6.45, 7) is 8.59. The lowest BCUT2D eigenvalue weighted by atomic mass is 10.0. The molecule has 1 amide bonds. The van der Waals surface area contributed by atoms with Crippen molar-refractivity contribution in [2.45, 2.75) is 65.3 Å². The highest BCUT2D eigenvalue weighted by Gasteiger charge is 2.09. The van der Waals surface area contributed by atoms with E-state index in [1.54, 1.807) is 0 Å². The van der Waals surface area contributed by atoms with E-state index in [-0.39, 0.29) is 11.9 Å². The molecule has 0 heterocycles. The molecule has 19 heavy (non-hydrogen) atoms. The molecule has 0 aliphatic rings. The van der Waals surface area contributed by atoms with Crippen LogP contribution in [0.25, 0.3) is 0 Å². The van der Waals surface area contributed by atoms with E-state index in [0.717, 1.165) is 12.0 Å². The molecule has 0 fully saturated rings. The van der Waals surface area contributed by atoms with Gasteiger partial charge >= 0.3 is 0 Å². The minimum atomic E-state index is 0.0410. The lowest BCUT2D eigenvalue weighted by Gasteiger charge is -2.14. The van der Waals surface area contributed by atoms with Gasteiger partial charge in [-0.2, -0.15) is 0 Å². The molecule has 106 valence electrons. The lowest BCUT2D eigenvalue weighted by molar-refractivity contribution is 0.0938. The molecule has 1 aromatic carbocycles. The fourth-order valence-corrected chi connectivity index (χ4v) is 2.10. The fourth-order valence-electron chi connectivity index (χ4n) is 2.10. The summed E-state index contributed by atoms with van der Waals surface area (Å²) < 4.78 is 0. The van der Waals surface area contributed by atoms with Gasteiger partial charge in [0.15, 0.2) is 0 Å². The van der Waals surface area contributed by atoms with Gasteiger partial charge in [-0.15, -0.1) is 0 Å². The van der Waals surface area contributed by atoms with Gasteiger partial charge in [0.2, 0.25) is 0 Å². The summed E-state index contributed by atoms with van der Waals surface area (Å²) in [7, 11) is 0. The Morgan fingerprint density at radius 1 is 1.11 bits per heavy atom. The first-order valence-electron chi connectivity index (χ1n) is 7.45. The van der Waals surface area contributed by atoms with E-state index in [9.17, 15) is 4.79 Å². The van der Waals surface area contributed by atoms with Gasteiger partial charge in [0.1, 0.15) is 0 Å². The van der Waals surface area contributed by atoms with Crippen molar-refractivity contribution in [2.75, 3.05) is 0 Å². The van der Waals surface area contributed by atoms with Crippen LogP contribution in [0.1, 0.15) is 75.2 Å². The molecule has 0 spiro atoms. The lowest BCUT2D eigenvalue weighted by Crippen LogP contribution is -2.32. The van der Waals surface area contributed by atoms with Crippen LogP contribution in [0, 0.1) is 0 Å². The number of hydrogen-bond donors (Lipinski definition) is 1.